The smallest absolute Gasteiger partial charge is 0.0720 e. The van der Waals surface area contributed by atoms with Gasteiger partial charge in [0.15, 0.2) is 0 Å². The Morgan fingerprint density at radius 3 is 2.62 bits per heavy atom. The van der Waals surface area contributed by atoms with Gasteiger partial charge in [-0.25, -0.2) is 0 Å². The molecule has 1 aromatic rings. The van der Waals surface area contributed by atoms with Crippen molar-refractivity contribution in [1.82, 2.24) is 0 Å². The van der Waals surface area contributed by atoms with E-state index in [4.69, 9.17) is 4.99 Å². The van der Waals surface area contributed by atoms with Gasteiger partial charge in [0, 0.05) is 5.71 Å². The summed E-state index contributed by atoms with van der Waals surface area (Å²) in [4.78, 5) is 4.90. The number of hydrogen-bond donors (Lipinski definition) is 0. The predicted molar refractivity (Wildman–Crippen MR) is 69.9 cm³/mol. The Labute approximate surface area is 98.6 Å². The van der Waals surface area contributed by atoms with Gasteiger partial charge in [0.1, 0.15) is 0 Å². The van der Waals surface area contributed by atoms with Crippen LogP contribution in [0.2, 0.25) is 0 Å². The van der Waals surface area contributed by atoms with Crippen LogP contribution < -0.4 is 0 Å². The average molecular weight is 215 g/mol. The molecule has 1 aliphatic rings. The molecule has 2 rings (SSSR count). The van der Waals surface area contributed by atoms with Crippen molar-refractivity contribution in [2.24, 2.45) is 10.9 Å². The molecule has 0 heterocycles. The van der Waals surface area contributed by atoms with Crippen LogP contribution in [0.3, 0.4) is 0 Å². The van der Waals surface area contributed by atoms with Crippen molar-refractivity contribution < 1.29 is 0 Å². The van der Waals surface area contributed by atoms with Crippen LogP contribution >= 0.6 is 0 Å². The van der Waals surface area contributed by atoms with E-state index in [0.29, 0.717) is 12.0 Å². The van der Waals surface area contributed by atoms with E-state index in [1.54, 1.807) is 0 Å². The average Bonchev–Trinajstić information content (AvgIpc) is 2.33. The molecule has 0 saturated heterocycles. The zero-order chi connectivity index (χ0) is 11.4. The highest BCUT2D eigenvalue weighted by Gasteiger charge is 2.16. The minimum atomic E-state index is 0.316. The van der Waals surface area contributed by atoms with E-state index in [-0.39, 0.29) is 0 Å². The first kappa shape index (κ1) is 11.4. The first-order valence-corrected chi connectivity index (χ1v) is 6.39. The van der Waals surface area contributed by atoms with E-state index < -0.39 is 0 Å². The van der Waals surface area contributed by atoms with Crippen molar-refractivity contribution in [3.63, 3.8) is 0 Å². The van der Waals surface area contributed by atoms with Gasteiger partial charge in [-0.3, -0.25) is 4.99 Å². The van der Waals surface area contributed by atoms with E-state index in [9.17, 15) is 0 Å². The standard InChI is InChI=1S/C15H21N/c1-12-8-6-7-11-15(12)16-13(2)14-9-4-3-5-10-14/h3-5,9-10,12-13H,6-8,11H2,1-2H3/b16-15-/t12?,13-/m0/s1. The fraction of sp³-hybridized carbons (Fsp3) is 0.533. The SMILES string of the molecule is CC1CCCC/C1=N/[C@@H](C)c1ccccc1. The van der Waals surface area contributed by atoms with Crippen LogP contribution in [0.1, 0.15) is 51.1 Å². The zero-order valence-corrected chi connectivity index (χ0v) is 10.3. The Kier molecular flexibility index (Phi) is 3.76. The van der Waals surface area contributed by atoms with Crippen LogP contribution in [0.25, 0.3) is 0 Å². The number of aliphatic imine (C=N–C) groups is 1. The second kappa shape index (κ2) is 5.29. The lowest BCUT2D eigenvalue weighted by Crippen LogP contribution is -2.17. The van der Waals surface area contributed by atoms with Crippen LogP contribution in [-0.2, 0) is 0 Å². The minimum Gasteiger partial charge on any atom is -0.286 e. The molecule has 0 N–H and O–H groups in total. The fourth-order valence-electron chi connectivity index (χ4n) is 2.42. The molecule has 16 heavy (non-hydrogen) atoms. The van der Waals surface area contributed by atoms with Crippen LogP contribution in [0, 0.1) is 5.92 Å². The molecular weight excluding hydrogens is 194 g/mol. The molecule has 0 bridgehead atoms. The molecule has 1 fully saturated rings. The maximum atomic E-state index is 4.90. The summed E-state index contributed by atoms with van der Waals surface area (Å²) in [6.45, 7) is 4.51. The molecule has 0 amide bonds. The summed E-state index contributed by atoms with van der Waals surface area (Å²) in [6, 6.07) is 10.9. The van der Waals surface area contributed by atoms with Crippen LogP contribution in [0.15, 0.2) is 35.3 Å². The molecule has 0 spiro atoms. The highest BCUT2D eigenvalue weighted by Crippen LogP contribution is 2.25. The first-order valence-electron chi connectivity index (χ1n) is 6.39. The Balaban J connectivity index is 2.10. The summed E-state index contributed by atoms with van der Waals surface area (Å²) in [7, 11) is 0. The van der Waals surface area contributed by atoms with E-state index in [0.717, 1.165) is 0 Å². The molecule has 0 radical (unpaired) electrons. The highest BCUT2D eigenvalue weighted by atomic mass is 14.8. The van der Waals surface area contributed by atoms with Gasteiger partial charge >= 0.3 is 0 Å². The maximum Gasteiger partial charge on any atom is 0.0720 e. The van der Waals surface area contributed by atoms with Gasteiger partial charge in [0.05, 0.1) is 6.04 Å². The van der Waals surface area contributed by atoms with Gasteiger partial charge in [-0.2, -0.15) is 0 Å². The van der Waals surface area contributed by atoms with Gasteiger partial charge < -0.3 is 0 Å². The third kappa shape index (κ3) is 2.72. The molecule has 1 unspecified atom stereocenters. The molecule has 1 aromatic carbocycles. The third-order valence-electron chi connectivity index (χ3n) is 3.53. The minimum absolute atomic E-state index is 0.316. The summed E-state index contributed by atoms with van der Waals surface area (Å²) in [5, 5.41) is 0. The van der Waals surface area contributed by atoms with Crippen molar-refractivity contribution >= 4 is 5.71 Å². The molecule has 0 aromatic heterocycles. The molecule has 0 aliphatic heterocycles. The fourth-order valence-corrected chi connectivity index (χ4v) is 2.42. The molecule has 2 atom stereocenters. The van der Waals surface area contributed by atoms with E-state index in [1.165, 1.54) is 37.0 Å². The lowest BCUT2D eigenvalue weighted by Gasteiger charge is -2.22. The molecule has 86 valence electrons. The summed E-state index contributed by atoms with van der Waals surface area (Å²) >= 11 is 0. The topological polar surface area (TPSA) is 12.4 Å². The predicted octanol–water partition coefficient (Wildman–Crippen LogP) is 4.40. The number of rotatable bonds is 2. The zero-order valence-electron chi connectivity index (χ0n) is 10.3. The Morgan fingerprint density at radius 2 is 1.94 bits per heavy atom. The molecule has 1 heteroatoms. The van der Waals surface area contributed by atoms with Gasteiger partial charge in [0.2, 0.25) is 0 Å². The Bertz CT molecular complexity index is 353. The quantitative estimate of drug-likeness (QED) is 0.693. The van der Waals surface area contributed by atoms with Crippen LogP contribution in [0.4, 0.5) is 0 Å². The van der Waals surface area contributed by atoms with Crippen molar-refractivity contribution in [2.75, 3.05) is 0 Å². The van der Waals surface area contributed by atoms with Crippen molar-refractivity contribution in [3.05, 3.63) is 35.9 Å². The van der Waals surface area contributed by atoms with Crippen molar-refractivity contribution in [2.45, 2.75) is 45.6 Å². The van der Waals surface area contributed by atoms with Gasteiger partial charge in [-0.05, 0) is 37.7 Å². The van der Waals surface area contributed by atoms with E-state index in [2.05, 4.69) is 44.2 Å². The monoisotopic (exact) mass is 215 g/mol. The lowest BCUT2D eigenvalue weighted by molar-refractivity contribution is 0.552. The Hall–Kier alpha value is -1.11. The van der Waals surface area contributed by atoms with Crippen LogP contribution in [0.5, 0.6) is 0 Å². The number of benzene rings is 1. The second-order valence-corrected chi connectivity index (χ2v) is 4.85. The number of hydrogen-bond acceptors (Lipinski definition) is 1. The van der Waals surface area contributed by atoms with Crippen molar-refractivity contribution in [1.29, 1.82) is 0 Å². The first-order chi connectivity index (χ1) is 7.77. The molecule has 1 saturated carbocycles. The largest absolute Gasteiger partial charge is 0.286 e. The van der Waals surface area contributed by atoms with E-state index in [1.807, 2.05) is 0 Å². The van der Waals surface area contributed by atoms with Gasteiger partial charge in [-0.15, -0.1) is 0 Å². The molecule has 1 aliphatic carbocycles. The summed E-state index contributed by atoms with van der Waals surface area (Å²) in [6.07, 6.45) is 5.23. The van der Waals surface area contributed by atoms with Crippen LogP contribution in [-0.4, -0.2) is 5.71 Å². The van der Waals surface area contributed by atoms with Crippen molar-refractivity contribution in [3.8, 4) is 0 Å². The summed E-state index contributed by atoms with van der Waals surface area (Å²) < 4.78 is 0. The second-order valence-electron chi connectivity index (χ2n) is 4.85. The maximum absolute atomic E-state index is 4.90. The highest BCUT2D eigenvalue weighted by molar-refractivity contribution is 5.87. The normalized spacial score (nSPS) is 25.6. The number of nitrogens with zero attached hydrogens (tertiary/aromatic N) is 1. The van der Waals surface area contributed by atoms with Gasteiger partial charge in [-0.1, -0.05) is 43.7 Å². The Morgan fingerprint density at radius 1 is 1.19 bits per heavy atom. The molecular formula is C15H21N. The lowest BCUT2D eigenvalue weighted by atomic mass is 9.88. The summed E-state index contributed by atoms with van der Waals surface area (Å²) in [5.74, 6) is 0.694. The van der Waals surface area contributed by atoms with Gasteiger partial charge in [0.25, 0.3) is 0 Å². The molecule has 1 nitrogen and oxygen atoms in total. The van der Waals surface area contributed by atoms with E-state index >= 15 is 0 Å². The third-order valence-corrected chi connectivity index (χ3v) is 3.53. The summed E-state index contributed by atoms with van der Waals surface area (Å²) in [5.41, 5.74) is 2.76.